The lowest BCUT2D eigenvalue weighted by Crippen LogP contribution is -2.40. The highest BCUT2D eigenvalue weighted by atomic mass is 32.2. The van der Waals surface area contributed by atoms with Gasteiger partial charge in [-0.2, -0.15) is 0 Å². The Morgan fingerprint density at radius 1 is 1.29 bits per heavy atom. The third kappa shape index (κ3) is 3.36. The second-order valence-corrected chi connectivity index (χ2v) is 9.94. The molecule has 1 spiro atoms. The minimum absolute atomic E-state index is 0.0238. The lowest BCUT2D eigenvalue weighted by Gasteiger charge is -2.36. The summed E-state index contributed by atoms with van der Waals surface area (Å²) in [6, 6.07) is 8.54. The number of nitrogens with zero attached hydrogens (tertiary/aromatic N) is 2. The Morgan fingerprint density at radius 2 is 2.00 bits per heavy atom. The smallest absolute Gasteiger partial charge is 0.258 e. The van der Waals surface area contributed by atoms with Crippen molar-refractivity contribution in [3.8, 4) is 11.3 Å². The Labute approximate surface area is 172 Å². The molecule has 1 heterocycles. The van der Waals surface area contributed by atoms with Crippen molar-refractivity contribution < 1.29 is 0 Å². The lowest BCUT2D eigenvalue weighted by atomic mass is 9.68. The van der Waals surface area contributed by atoms with Gasteiger partial charge in [0.15, 0.2) is 5.16 Å². The number of rotatable bonds is 5. The molecule has 148 valence electrons. The molecule has 0 N–H and O–H groups in total. The highest BCUT2D eigenvalue weighted by Gasteiger charge is 2.44. The Balaban J connectivity index is 1.97. The van der Waals surface area contributed by atoms with Crippen LogP contribution in [-0.2, 0) is 18.4 Å². The van der Waals surface area contributed by atoms with Crippen LogP contribution < -0.4 is 5.56 Å². The van der Waals surface area contributed by atoms with Gasteiger partial charge in [0.1, 0.15) is 0 Å². The van der Waals surface area contributed by atoms with E-state index in [0.29, 0.717) is 5.92 Å². The molecule has 4 rings (SSSR count). The largest absolute Gasteiger partial charge is 0.287 e. The van der Waals surface area contributed by atoms with Crippen LogP contribution >= 0.6 is 11.8 Å². The molecule has 1 fully saturated rings. The van der Waals surface area contributed by atoms with E-state index in [1.54, 1.807) is 11.8 Å². The van der Waals surface area contributed by atoms with Crippen LogP contribution in [0, 0.1) is 5.92 Å². The molecule has 28 heavy (non-hydrogen) atoms. The van der Waals surface area contributed by atoms with E-state index in [9.17, 15) is 4.79 Å². The van der Waals surface area contributed by atoms with Crippen molar-refractivity contribution in [1.29, 1.82) is 0 Å². The molecule has 0 radical (unpaired) electrons. The summed E-state index contributed by atoms with van der Waals surface area (Å²) in [6.07, 6.45) is 5.60. The van der Waals surface area contributed by atoms with Crippen LogP contribution in [0.4, 0.5) is 0 Å². The van der Waals surface area contributed by atoms with Crippen LogP contribution in [0.2, 0.25) is 0 Å². The molecule has 1 saturated carbocycles. The second-order valence-electron chi connectivity index (χ2n) is 8.99. The predicted octanol–water partition coefficient (Wildman–Crippen LogP) is 5.60. The predicted molar refractivity (Wildman–Crippen MR) is 118 cm³/mol. The van der Waals surface area contributed by atoms with Crippen molar-refractivity contribution in [3.63, 3.8) is 0 Å². The van der Waals surface area contributed by atoms with Gasteiger partial charge in [0.05, 0.1) is 11.3 Å². The molecule has 0 unspecified atom stereocenters. The van der Waals surface area contributed by atoms with Gasteiger partial charge in [0.2, 0.25) is 0 Å². The first-order valence-electron chi connectivity index (χ1n) is 10.4. The third-order valence-electron chi connectivity index (χ3n) is 6.02. The fraction of sp³-hybridized carbons (Fsp3) is 0.500. The monoisotopic (exact) mass is 394 g/mol. The van der Waals surface area contributed by atoms with Gasteiger partial charge < -0.3 is 0 Å². The third-order valence-corrected chi connectivity index (χ3v) is 7.23. The summed E-state index contributed by atoms with van der Waals surface area (Å²) in [7, 11) is 0. The summed E-state index contributed by atoms with van der Waals surface area (Å²) in [5.74, 6) is 1.19. The number of hydrogen-bond acceptors (Lipinski definition) is 3. The second kappa shape index (κ2) is 7.55. The molecule has 0 saturated heterocycles. The van der Waals surface area contributed by atoms with E-state index in [0.717, 1.165) is 59.1 Å². The Morgan fingerprint density at radius 3 is 2.68 bits per heavy atom. The van der Waals surface area contributed by atoms with Crippen molar-refractivity contribution in [2.24, 2.45) is 5.92 Å². The number of fused-ring (bicyclic) bond motifs is 4. The van der Waals surface area contributed by atoms with E-state index < -0.39 is 0 Å². The molecule has 2 aromatic rings. The summed E-state index contributed by atoms with van der Waals surface area (Å²) in [5, 5.41) is 0.838. The Hall–Kier alpha value is -1.81. The van der Waals surface area contributed by atoms with Crippen molar-refractivity contribution >= 4 is 11.8 Å². The first kappa shape index (κ1) is 19.5. The molecule has 3 nitrogen and oxygen atoms in total. The standard InChI is InChI=1S/C24H30N2OS/c1-16(2)14-26-22(27)20-21(25-23(26)28-15-17(3)4)19-10-6-5-9-18(19)13-24(20)11-7-8-12-24/h5-6,9-10,16H,3,7-8,11-15H2,1-2,4H3. The first-order chi connectivity index (χ1) is 13.4. The fourth-order valence-corrected chi connectivity index (χ4v) is 5.71. The number of hydrogen-bond donors (Lipinski definition) is 0. The molecular weight excluding hydrogens is 364 g/mol. The zero-order chi connectivity index (χ0) is 19.9. The van der Waals surface area contributed by atoms with Gasteiger partial charge in [-0.05, 0) is 37.7 Å². The molecule has 4 heteroatoms. The fourth-order valence-electron chi connectivity index (χ4n) is 4.87. The highest BCUT2D eigenvalue weighted by Crippen LogP contribution is 2.49. The van der Waals surface area contributed by atoms with E-state index >= 15 is 0 Å². The van der Waals surface area contributed by atoms with Gasteiger partial charge in [-0.15, -0.1) is 0 Å². The molecule has 1 aromatic heterocycles. The minimum Gasteiger partial charge on any atom is -0.287 e. The first-order valence-corrected chi connectivity index (χ1v) is 11.4. The SMILES string of the molecule is C=C(C)CSc1nc2c(c(=O)n1CC(C)C)C1(CCCC1)Cc1ccccc1-2. The molecular formula is C24H30N2OS. The van der Waals surface area contributed by atoms with Crippen molar-refractivity contribution in [3.05, 3.63) is 57.9 Å². The lowest BCUT2D eigenvalue weighted by molar-refractivity contribution is 0.404. The van der Waals surface area contributed by atoms with Crippen LogP contribution in [0.25, 0.3) is 11.3 Å². The molecule has 1 aromatic carbocycles. The van der Waals surface area contributed by atoms with E-state index in [2.05, 4.69) is 44.7 Å². The molecule has 0 atom stereocenters. The topological polar surface area (TPSA) is 34.9 Å². The average Bonchev–Trinajstić information content (AvgIpc) is 3.10. The van der Waals surface area contributed by atoms with Gasteiger partial charge in [0, 0.05) is 23.3 Å². The van der Waals surface area contributed by atoms with E-state index in [-0.39, 0.29) is 11.0 Å². The van der Waals surface area contributed by atoms with Crippen LogP contribution in [0.1, 0.15) is 57.6 Å². The Kier molecular flexibility index (Phi) is 5.26. The van der Waals surface area contributed by atoms with Crippen molar-refractivity contribution in [1.82, 2.24) is 9.55 Å². The molecule has 0 bridgehead atoms. The maximum atomic E-state index is 13.9. The molecule has 0 aliphatic heterocycles. The zero-order valence-corrected chi connectivity index (χ0v) is 18.1. The van der Waals surface area contributed by atoms with Crippen LogP contribution in [0.3, 0.4) is 0 Å². The van der Waals surface area contributed by atoms with Crippen molar-refractivity contribution in [2.45, 2.75) is 70.0 Å². The van der Waals surface area contributed by atoms with Gasteiger partial charge in [-0.25, -0.2) is 4.98 Å². The minimum atomic E-state index is -0.0238. The number of benzene rings is 1. The molecule has 2 aliphatic rings. The number of aromatic nitrogens is 2. The Bertz CT molecular complexity index is 967. The van der Waals surface area contributed by atoms with Crippen LogP contribution in [-0.4, -0.2) is 15.3 Å². The van der Waals surface area contributed by atoms with Gasteiger partial charge in [0.25, 0.3) is 5.56 Å². The summed E-state index contributed by atoms with van der Waals surface area (Å²) in [5.41, 5.74) is 5.70. The van der Waals surface area contributed by atoms with E-state index in [1.165, 1.54) is 18.4 Å². The maximum absolute atomic E-state index is 13.9. The molecule has 2 aliphatic carbocycles. The van der Waals surface area contributed by atoms with E-state index in [1.807, 2.05) is 11.5 Å². The molecule has 0 amide bonds. The van der Waals surface area contributed by atoms with E-state index in [4.69, 9.17) is 4.98 Å². The van der Waals surface area contributed by atoms with Gasteiger partial charge in [-0.3, -0.25) is 9.36 Å². The summed E-state index contributed by atoms with van der Waals surface area (Å²) in [6.45, 7) is 11.1. The quantitative estimate of drug-likeness (QED) is 0.376. The van der Waals surface area contributed by atoms with Gasteiger partial charge >= 0.3 is 0 Å². The van der Waals surface area contributed by atoms with Crippen LogP contribution in [0.15, 0.2) is 46.4 Å². The maximum Gasteiger partial charge on any atom is 0.258 e. The van der Waals surface area contributed by atoms with Crippen molar-refractivity contribution in [2.75, 3.05) is 5.75 Å². The summed E-state index contributed by atoms with van der Waals surface area (Å²) >= 11 is 1.64. The summed E-state index contributed by atoms with van der Waals surface area (Å²) < 4.78 is 1.95. The average molecular weight is 395 g/mol. The summed E-state index contributed by atoms with van der Waals surface area (Å²) in [4.78, 5) is 19.0. The van der Waals surface area contributed by atoms with Crippen LogP contribution in [0.5, 0.6) is 0 Å². The normalized spacial score (nSPS) is 17.0. The highest BCUT2D eigenvalue weighted by molar-refractivity contribution is 7.99. The van der Waals surface area contributed by atoms with Gasteiger partial charge in [-0.1, -0.05) is 74.9 Å². The zero-order valence-electron chi connectivity index (χ0n) is 17.3. The number of thioether (sulfide) groups is 1.